The summed E-state index contributed by atoms with van der Waals surface area (Å²) in [6.45, 7) is 0. The number of hydrogen-bond donors (Lipinski definition) is 2. The van der Waals surface area contributed by atoms with Crippen molar-refractivity contribution < 1.29 is 4.79 Å². The number of para-hydroxylation sites is 4. The molecule has 0 aliphatic heterocycles. The largest absolute Gasteiger partial charge is 0.354 e. The number of nitrogens with zero attached hydrogens (tertiary/aromatic N) is 2. The van der Waals surface area contributed by atoms with Crippen LogP contribution in [0.25, 0.3) is 5.69 Å². The molecular formula is C23H20N4O. The zero-order valence-corrected chi connectivity index (χ0v) is 15.2. The van der Waals surface area contributed by atoms with Crippen molar-refractivity contribution in [2.24, 2.45) is 0 Å². The van der Waals surface area contributed by atoms with Gasteiger partial charge in [-0.15, -0.1) is 0 Å². The summed E-state index contributed by atoms with van der Waals surface area (Å²) in [5.41, 5.74) is 4.38. The topological polar surface area (TPSA) is 59.0 Å². The third-order valence-corrected chi connectivity index (χ3v) is 4.28. The van der Waals surface area contributed by atoms with E-state index in [4.69, 9.17) is 0 Å². The van der Waals surface area contributed by atoms with Crippen molar-refractivity contribution in [3.63, 3.8) is 0 Å². The minimum Gasteiger partial charge on any atom is -0.354 e. The Bertz CT molecular complexity index is 1060. The highest BCUT2D eigenvalue weighted by Crippen LogP contribution is 2.25. The van der Waals surface area contributed by atoms with Gasteiger partial charge < -0.3 is 10.6 Å². The second-order valence-corrected chi connectivity index (χ2v) is 6.39. The molecule has 1 amide bonds. The summed E-state index contributed by atoms with van der Waals surface area (Å²) >= 11 is 0. The van der Waals surface area contributed by atoms with E-state index >= 15 is 0 Å². The van der Waals surface area contributed by atoms with Gasteiger partial charge in [-0.05, 0) is 42.0 Å². The van der Waals surface area contributed by atoms with E-state index in [0.29, 0.717) is 0 Å². The van der Waals surface area contributed by atoms with Crippen LogP contribution in [0, 0.1) is 0 Å². The minimum atomic E-state index is -0.0880. The number of hydrogen-bond acceptors (Lipinski definition) is 3. The van der Waals surface area contributed by atoms with E-state index in [1.165, 1.54) is 0 Å². The summed E-state index contributed by atoms with van der Waals surface area (Å²) in [5.74, 6) is -0.0880. The van der Waals surface area contributed by atoms with Crippen LogP contribution < -0.4 is 10.6 Å². The first kappa shape index (κ1) is 17.5. The van der Waals surface area contributed by atoms with E-state index in [2.05, 4.69) is 15.7 Å². The van der Waals surface area contributed by atoms with Crippen molar-refractivity contribution in [3.05, 3.63) is 103 Å². The van der Waals surface area contributed by atoms with E-state index in [1.807, 2.05) is 91.1 Å². The smallest absolute Gasteiger partial charge is 0.228 e. The lowest BCUT2D eigenvalue weighted by atomic mass is 10.2. The predicted octanol–water partition coefficient (Wildman–Crippen LogP) is 4.80. The highest BCUT2D eigenvalue weighted by molar-refractivity contribution is 5.96. The fourth-order valence-electron chi connectivity index (χ4n) is 2.93. The molecule has 0 aliphatic rings. The van der Waals surface area contributed by atoms with Crippen molar-refractivity contribution in [3.8, 4) is 5.69 Å². The molecular weight excluding hydrogens is 348 g/mol. The van der Waals surface area contributed by atoms with Crippen LogP contribution >= 0.6 is 0 Å². The average Bonchev–Trinajstić information content (AvgIpc) is 3.19. The van der Waals surface area contributed by atoms with Gasteiger partial charge in [0.25, 0.3) is 0 Å². The number of nitrogens with one attached hydrogen (secondary N) is 2. The molecule has 4 aromatic rings. The van der Waals surface area contributed by atoms with E-state index in [1.54, 1.807) is 10.9 Å². The third kappa shape index (κ3) is 4.27. The molecule has 5 heteroatoms. The Balaban J connectivity index is 1.44. The second kappa shape index (κ2) is 8.22. The predicted molar refractivity (Wildman–Crippen MR) is 112 cm³/mol. The molecule has 1 heterocycles. The van der Waals surface area contributed by atoms with Gasteiger partial charge in [0.05, 0.1) is 29.7 Å². The molecule has 0 atom stereocenters. The number of carbonyl (C=O) groups excluding carboxylic acids is 1. The molecule has 0 unspecified atom stereocenters. The van der Waals surface area contributed by atoms with Crippen molar-refractivity contribution in [2.45, 2.75) is 6.42 Å². The molecule has 0 saturated carbocycles. The molecule has 4 rings (SSSR count). The molecule has 0 aliphatic carbocycles. The van der Waals surface area contributed by atoms with Crippen LogP contribution in [0.3, 0.4) is 0 Å². The van der Waals surface area contributed by atoms with Crippen molar-refractivity contribution in [2.75, 3.05) is 10.6 Å². The first-order valence-corrected chi connectivity index (χ1v) is 9.08. The van der Waals surface area contributed by atoms with Gasteiger partial charge in [0.15, 0.2) is 0 Å². The zero-order chi connectivity index (χ0) is 19.2. The molecule has 3 aromatic carbocycles. The number of amides is 1. The van der Waals surface area contributed by atoms with Crippen molar-refractivity contribution in [1.82, 2.24) is 9.78 Å². The quantitative estimate of drug-likeness (QED) is 0.514. The van der Waals surface area contributed by atoms with Crippen LogP contribution in [0.1, 0.15) is 5.56 Å². The number of benzene rings is 3. The van der Waals surface area contributed by atoms with Crippen LogP contribution in [0.2, 0.25) is 0 Å². The Hall–Kier alpha value is -3.86. The number of carbonyl (C=O) groups is 1. The molecule has 2 N–H and O–H groups in total. The molecule has 0 spiro atoms. The molecule has 0 radical (unpaired) electrons. The van der Waals surface area contributed by atoms with Crippen LogP contribution in [0.4, 0.5) is 17.1 Å². The van der Waals surface area contributed by atoms with Gasteiger partial charge in [-0.2, -0.15) is 5.10 Å². The Morgan fingerprint density at radius 2 is 1.46 bits per heavy atom. The monoisotopic (exact) mass is 368 g/mol. The van der Waals surface area contributed by atoms with E-state index in [9.17, 15) is 4.79 Å². The number of anilines is 3. The highest BCUT2D eigenvalue weighted by atomic mass is 16.1. The SMILES string of the molecule is O=C(Cc1cnn(-c2ccccc2)c1)Nc1ccccc1Nc1ccccc1. The maximum Gasteiger partial charge on any atom is 0.228 e. The van der Waals surface area contributed by atoms with Crippen LogP contribution in [-0.2, 0) is 11.2 Å². The van der Waals surface area contributed by atoms with E-state index in [0.717, 1.165) is 28.3 Å². The normalized spacial score (nSPS) is 10.4. The van der Waals surface area contributed by atoms with E-state index < -0.39 is 0 Å². The fraction of sp³-hybridized carbons (Fsp3) is 0.0435. The lowest BCUT2D eigenvalue weighted by molar-refractivity contribution is -0.115. The average molecular weight is 368 g/mol. The maximum absolute atomic E-state index is 12.6. The second-order valence-electron chi connectivity index (χ2n) is 6.39. The summed E-state index contributed by atoms with van der Waals surface area (Å²) in [7, 11) is 0. The lowest BCUT2D eigenvalue weighted by Gasteiger charge is -2.13. The van der Waals surface area contributed by atoms with Gasteiger partial charge in [0.2, 0.25) is 5.91 Å². The molecule has 5 nitrogen and oxygen atoms in total. The van der Waals surface area contributed by atoms with Gasteiger partial charge in [-0.3, -0.25) is 4.79 Å². The Labute approximate surface area is 163 Å². The summed E-state index contributed by atoms with van der Waals surface area (Å²) in [6.07, 6.45) is 3.86. The van der Waals surface area contributed by atoms with Gasteiger partial charge in [-0.1, -0.05) is 48.5 Å². The number of rotatable bonds is 6. The van der Waals surface area contributed by atoms with Gasteiger partial charge in [0.1, 0.15) is 0 Å². The Morgan fingerprint density at radius 3 is 2.21 bits per heavy atom. The summed E-state index contributed by atoms with van der Waals surface area (Å²) in [5, 5.41) is 10.7. The Kier molecular flexibility index (Phi) is 5.15. The van der Waals surface area contributed by atoms with E-state index in [-0.39, 0.29) is 12.3 Å². The third-order valence-electron chi connectivity index (χ3n) is 4.28. The molecule has 0 fully saturated rings. The van der Waals surface area contributed by atoms with Gasteiger partial charge in [0, 0.05) is 11.9 Å². The standard InChI is InChI=1S/C23H20N4O/c28-23(15-18-16-24-27(17-18)20-11-5-2-6-12-20)26-22-14-8-7-13-21(22)25-19-9-3-1-4-10-19/h1-14,16-17,25H,15H2,(H,26,28). The highest BCUT2D eigenvalue weighted by Gasteiger charge is 2.10. The van der Waals surface area contributed by atoms with Crippen LogP contribution in [0.15, 0.2) is 97.3 Å². The summed E-state index contributed by atoms with van der Waals surface area (Å²) in [6, 6.07) is 27.4. The molecule has 138 valence electrons. The molecule has 0 saturated heterocycles. The first-order valence-electron chi connectivity index (χ1n) is 9.08. The molecule has 0 bridgehead atoms. The Morgan fingerprint density at radius 1 is 0.821 bits per heavy atom. The van der Waals surface area contributed by atoms with Crippen molar-refractivity contribution in [1.29, 1.82) is 0 Å². The maximum atomic E-state index is 12.6. The molecule has 28 heavy (non-hydrogen) atoms. The van der Waals surface area contributed by atoms with Gasteiger partial charge >= 0.3 is 0 Å². The first-order chi connectivity index (χ1) is 13.8. The lowest BCUT2D eigenvalue weighted by Crippen LogP contribution is -2.15. The molecule has 1 aromatic heterocycles. The van der Waals surface area contributed by atoms with Crippen LogP contribution in [0.5, 0.6) is 0 Å². The van der Waals surface area contributed by atoms with Crippen molar-refractivity contribution >= 4 is 23.0 Å². The number of aromatic nitrogens is 2. The summed E-state index contributed by atoms with van der Waals surface area (Å²) < 4.78 is 1.77. The van der Waals surface area contributed by atoms with Crippen LogP contribution in [-0.4, -0.2) is 15.7 Å². The minimum absolute atomic E-state index is 0.0880. The summed E-state index contributed by atoms with van der Waals surface area (Å²) in [4.78, 5) is 12.6. The van der Waals surface area contributed by atoms with Gasteiger partial charge in [-0.25, -0.2) is 4.68 Å². The fourth-order valence-corrected chi connectivity index (χ4v) is 2.93. The zero-order valence-electron chi connectivity index (χ0n) is 15.2.